The van der Waals surface area contributed by atoms with E-state index in [1.54, 1.807) is 13.0 Å². The van der Waals surface area contributed by atoms with Crippen LogP contribution in [0.2, 0.25) is 5.02 Å². The molecule has 0 spiro atoms. The molecule has 0 atom stereocenters. The van der Waals surface area contributed by atoms with Gasteiger partial charge in [-0.15, -0.1) is 0 Å². The predicted octanol–water partition coefficient (Wildman–Crippen LogP) is 2.31. The van der Waals surface area contributed by atoms with Crippen molar-refractivity contribution >= 4 is 27.3 Å². The van der Waals surface area contributed by atoms with Crippen LogP contribution in [0.1, 0.15) is 25.3 Å². The molecular weight excluding hydrogens is 260 g/mol. The summed E-state index contributed by atoms with van der Waals surface area (Å²) >= 11 is 5.92. The molecule has 0 fully saturated rings. The van der Waals surface area contributed by atoms with Gasteiger partial charge in [0.2, 0.25) is 10.0 Å². The molecule has 3 N–H and O–H groups in total. The standard InChI is InChI=1S/C11H17ClN2O2S/c1-3-4-5-14-17(15,16)11-7-10(13)8(2)6-9(11)12/h6-7,14H,3-5,13H2,1-2H3. The highest BCUT2D eigenvalue weighted by atomic mass is 35.5. The molecule has 1 aromatic carbocycles. The monoisotopic (exact) mass is 276 g/mol. The maximum Gasteiger partial charge on any atom is 0.242 e. The van der Waals surface area contributed by atoms with Crippen molar-refractivity contribution in [1.29, 1.82) is 0 Å². The van der Waals surface area contributed by atoms with Crippen LogP contribution in [0.15, 0.2) is 17.0 Å². The topological polar surface area (TPSA) is 72.2 Å². The van der Waals surface area contributed by atoms with Crippen molar-refractivity contribution < 1.29 is 8.42 Å². The van der Waals surface area contributed by atoms with Crippen molar-refractivity contribution in [3.05, 3.63) is 22.7 Å². The van der Waals surface area contributed by atoms with Crippen LogP contribution in [0, 0.1) is 6.92 Å². The molecule has 96 valence electrons. The molecule has 1 rings (SSSR count). The summed E-state index contributed by atoms with van der Waals surface area (Å²) in [5.41, 5.74) is 6.88. The molecule has 0 unspecified atom stereocenters. The molecule has 0 saturated heterocycles. The smallest absolute Gasteiger partial charge is 0.242 e. The zero-order chi connectivity index (χ0) is 13.1. The second-order valence-corrected chi connectivity index (χ2v) is 6.03. The Morgan fingerprint density at radius 1 is 1.41 bits per heavy atom. The minimum Gasteiger partial charge on any atom is -0.398 e. The Hall–Kier alpha value is -0.780. The summed E-state index contributed by atoms with van der Waals surface area (Å²) in [6, 6.07) is 2.96. The third-order valence-corrected chi connectivity index (χ3v) is 4.36. The van der Waals surface area contributed by atoms with E-state index in [0.717, 1.165) is 18.4 Å². The molecule has 0 saturated carbocycles. The quantitative estimate of drug-likeness (QED) is 0.640. The summed E-state index contributed by atoms with van der Waals surface area (Å²) in [7, 11) is -3.56. The van der Waals surface area contributed by atoms with E-state index in [2.05, 4.69) is 4.72 Å². The van der Waals surface area contributed by atoms with E-state index in [1.807, 2.05) is 6.92 Å². The summed E-state index contributed by atoms with van der Waals surface area (Å²) in [5, 5.41) is 0.195. The van der Waals surface area contributed by atoms with Gasteiger partial charge in [-0.2, -0.15) is 0 Å². The third kappa shape index (κ3) is 3.59. The van der Waals surface area contributed by atoms with Crippen molar-refractivity contribution in [2.24, 2.45) is 0 Å². The lowest BCUT2D eigenvalue weighted by Gasteiger charge is -2.10. The van der Waals surface area contributed by atoms with Gasteiger partial charge in [0, 0.05) is 12.2 Å². The number of hydrogen-bond acceptors (Lipinski definition) is 3. The number of nitrogens with one attached hydrogen (secondary N) is 1. The van der Waals surface area contributed by atoms with E-state index in [-0.39, 0.29) is 9.92 Å². The van der Waals surface area contributed by atoms with Gasteiger partial charge in [-0.1, -0.05) is 24.9 Å². The Balaban J connectivity index is 3.03. The van der Waals surface area contributed by atoms with Crippen molar-refractivity contribution in [2.45, 2.75) is 31.6 Å². The summed E-state index contributed by atoms with van der Waals surface area (Å²) in [5.74, 6) is 0. The number of aryl methyl sites for hydroxylation is 1. The molecule has 0 aliphatic heterocycles. The van der Waals surface area contributed by atoms with Gasteiger partial charge in [0.05, 0.1) is 5.02 Å². The van der Waals surface area contributed by atoms with Gasteiger partial charge in [-0.05, 0) is 31.0 Å². The van der Waals surface area contributed by atoms with Crippen molar-refractivity contribution in [3.63, 3.8) is 0 Å². The second-order valence-electron chi connectivity index (χ2n) is 3.89. The van der Waals surface area contributed by atoms with E-state index < -0.39 is 10.0 Å². The Morgan fingerprint density at radius 3 is 2.65 bits per heavy atom. The van der Waals surface area contributed by atoms with Crippen LogP contribution in [-0.4, -0.2) is 15.0 Å². The molecule has 0 heterocycles. The molecule has 17 heavy (non-hydrogen) atoms. The summed E-state index contributed by atoms with van der Waals surface area (Å²) in [6.45, 7) is 4.18. The number of nitrogens with two attached hydrogens (primary N) is 1. The Kier molecular flexibility index (Phi) is 4.80. The average Bonchev–Trinajstić information content (AvgIpc) is 2.23. The highest BCUT2D eigenvalue weighted by molar-refractivity contribution is 7.89. The molecular formula is C11H17ClN2O2S. The summed E-state index contributed by atoms with van der Waals surface area (Å²) < 4.78 is 26.4. The van der Waals surface area contributed by atoms with Gasteiger partial charge >= 0.3 is 0 Å². The van der Waals surface area contributed by atoms with Gasteiger partial charge < -0.3 is 5.73 Å². The number of unbranched alkanes of at least 4 members (excludes halogenated alkanes) is 1. The normalized spacial score (nSPS) is 11.7. The van der Waals surface area contributed by atoms with E-state index in [9.17, 15) is 8.42 Å². The SMILES string of the molecule is CCCCNS(=O)(=O)c1cc(N)c(C)cc1Cl. The first-order valence-electron chi connectivity index (χ1n) is 5.43. The first kappa shape index (κ1) is 14.3. The lowest BCUT2D eigenvalue weighted by Crippen LogP contribution is -2.25. The molecule has 0 aromatic heterocycles. The Labute approximate surface area is 107 Å². The largest absolute Gasteiger partial charge is 0.398 e. The lowest BCUT2D eigenvalue weighted by atomic mass is 10.2. The van der Waals surface area contributed by atoms with Crippen molar-refractivity contribution in [2.75, 3.05) is 12.3 Å². The van der Waals surface area contributed by atoms with Gasteiger partial charge in [-0.3, -0.25) is 0 Å². The number of anilines is 1. The van der Waals surface area contributed by atoms with Crippen molar-refractivity contribution in [1.82, 2.24) is 4.72 Å². The number of hydrogen-bond donors (Lipinski definition) is 2. The second kappa shape index (κ2) is 5.71. The molecule has 0 amide bonds. The fourth-order valence-electron chi connectivity index (χ4n) is 1.34. The van der Waals surface area contributed by atoms with E-state index in [0.29, 0.717) is 12.2 Å². The predicted molar refractivity (Wildman–Crippen MR) is 70.7 cm³/mol. The maximum atomic E-state index is 11.9. The Morgan fingerprint density at radius 2 is 2.06 bits per heavy atom. The van der Waals surface area contributed by atoms with E-state index in [1.165, 1.54) is 6.07 Å². The van der Waals surface area contributed by atoms with Gasteiger partial charge in [-0.25, -0.2) is 13.1 Å². The zero-order valence-electron chi connectivity index (χ0n) is 9.96. The molecule has 0 radical (unpaired) electrons. The first-order chi connectivity index (χ1) is 7.88. The number of rotatable bonds is 5. The molecule has 6 heteroatoms. The molecule has 0 bridgehead atoms. The molecule has 0 aliphatic rings. The van der Waals surface area contributed by atoms with Crippen LogP contribution in [0.3, 0.4) is 0 Å². The fourth-order valence-corrected chi connectivity index (χ4v) is 3.02. The van der Waals surface area contributed by atoms with Gasteiger partial charge in [0.15, 0.2) is 0 Å². The Bertz CT molecular complexity index is 500. The zero-order valence-corrected chi connectivity index (χ0v) is 11.5. The van der Waals surface area contributed by atoms with Crippen LogP contribution in [0.4, 0.5) is 5.69 Å². The number of benzene rings is 1. The average molecular weight is 277 g/mol. The minimum atomic E-state index is -3.56. The number of halogens is 1. The fraction of sp³-hybridized carbons (Fsp3) is 0.455. The lowest BCUT2D eigenvalue weighted by molar-refractivity contribution is 0.578. The maximum absolute atomic E-state index is 11.9. The highest BCUT2D eigenvalue weighted by Gasteiger charge is 2.18. The van der Waals surface area contributed by atoms with Gasteiger partial charge in [0.25, 0.3) is 0 Å². The van der Waals surface area contributed by atoms with Crippen LogP contribution >= 0.6 is 11.6 Å². The molecule has 4 nitrogen and oxygen atoms in total. The third-order valence-electron chi connectivity index (χ3n) is 2.43. The van der Waals surface area contributed by atoms with Gasteiger partial charge in [0.1, 0.15) is 4.90 Å². The first-order valence-corrected chi connectivity index (χ1v) is 7.30. The van der Waals surface area contributed by atoms with E-state index in [4.69, 9.17) is 17.3 Å². The summed E-state index contributed by atoms with van der Waals surface area (Å²) in [6.07, 6.45) is 1.71. The molecule has 1 aromatic rings. The van der Waals surface area contributed by atoms with Crippen molar-refractivity contribution in [3.8, 4) is 0 Å². The summed E-state index contributed by atoms with van der Waals surface area (Å²) in [4.78, 5) is 0.0402. The van der Waals surface area contributed by atoms with E-state index >= 15 is 0 Å². The number of sulfonamides is 1. The van der Waals surface area contributed by atoms with Crippen LogP contribution in [0.25, 0.3) is 0 Å². The number of nitrogen functional groups attached to an aromatic ring is 1. The minimum absolute atomic E-state index is 0.0402. The highest BCUT2D eigenvalue weighted by Crippen LogP contribution is 2.26. The van der Waals surface area contributed by atoms with Crippen LogP contribution in [0.5, 0.6) is 0 Å². The molecule has 0 aliphatic carbocycles. The van der Waals surface area contributed by atoms with Crippen LogP contribution < -0.4 is 10.5 Å². The van der Waals surface area contributed by atoms with Crippen LogP contribution in [-0.2, 0) is 10.0 Å².